The SMILES string of the molecule is CCC1/C=C/C=C\C[C@@H](C)[C@H](O)[C@@](C)(O)C(=O)[C@@H](C)[C@H](O)[C@@H](C)C(=O)[C@@H](C)[C@H](O)[C@@H](C)/C=C\C(=O)O[C@@H]2[C@H](C)[C@H](CC1)O[C@]1(CC[C@H](C)[C@H](C[C@@H](C)O)O1)[C@H]2C. The zero-order valence-electron chi connectivity index (χ0n) is 35.8. The Morgan fingerprint density at radius 2 is 1.48 bits per heavy atom. The fourth-order valence-corrected chi connectivity index (χ4v) is 9.01. The van der Waals surface area contributed by atoms with E-state index in [1.54, 1.807) is 20.8 Å². The lowest BCUT2D eigenvalue weighted by atomic mass is 9.74. The van der Waals surface area contributed by atoms with Gasteiger partial charge in [-0.1, -0.05) is 92.7 Å². The van der Waals surface area contributed by atoms with Crippen molar-refractivity contribution in [1.82, 2.24) is 0 Å². The minimum atomic E-state index is -2.18. The van der Waals surface area contributed by atoms with E-state index in [1.165, 1.54) is 39.8 Å². The van der Waals surface area contributed by atoms with E-state index < -0.39 is 89.0 Å². The number of Topliss-reactive ketones (excluding diaryl/α,β-unsaturated/α-hetero) is 2. The van der Waals surface area contributed by atoms with E-state index in [0.717, 1.165) is 19.3 Å². The highest BCUT2D eigenvalue weighted by Gasteiger charge is 2.56. The molecule has 2 bridgehead atoms. The number of ether oxygens (including phenoxy) is 3. The van der Waals surface area contributed by atoms with Crippen LogP contribution in [0, 0.1) is 53.3 Å². The van der Waals surface area contributed by atoms with Gasteiger partial charge in [-0.15, -0.1) is 0 Å². The van der Waals surface area contributed by atoms with E-state index in [-0.39, 0.29) is 35.9 Å². The van der Waals surface area contributed by atoms with Gasteiger partial charge in [0.15, 0.2) is 11.6 Å². The number of fused-ring (bicyclic) bond motifs is 2. The van der Waals surface area contributed by atoms with Crippen molar-refractivity contribution in [2.75, 3.05) is 0 Å². The molecule has 2 saturated heterocycles. The summed E-state index contributed by atoms with van der Waals surface area (Å²) in [4.78, 5) is 40.5. The van der Waals surface area contributed by atoms with Crippen molar-refractivity contribution in [3.8, 4) is 0 Å². The van der Waals surface area contributed by atoms with Crippen molar-refractivity contribution in [2.24, 2.45) is 53.3 Å². The Labute approximate surface area is 336 Å². The summed E-state index contributed by atoms with van der Waals surface area (Å²) >= 11 is 0. The predicted molar refractivity (Wildman–Crippen MR) is 215 cm³/mol. The standard InChI is InChI=1S/C45H74O11/c1-12-34-17-15-13-14-16-27(4)42(51)44(11,53)43(52)32(9)40(50)31(8)39(49)30(7)38(48)26(3)18-21-37(47)54-41-29(6)35(20-19-34)55-45(33(41)10)23-22-25(2)36(56-45)24-28(5)46/h13-15,17-18,21,25-36,38,40-42,46,48,50-51,53H,12,16,19-20,22-24H2,1-11H3/b14-13-,17-15+,21-18-/t25-,26-,27+,28+,29+,30-,31-,32-,33-,34?,35-,36-,38+,40+,41+,42-,44+,45-/m0/s1. The van der Waals surface area contributed by atoms with Crippen LogP contribution in [0.25, 0.3) is 0 Å². The van der Waals surface area contributed by atoms with E-state index in [9.17, 15) is 39.9 Å². The van der Waals surface area contributed by atoms with Crippen LogP contribution in [-0.2, 0) is 28.6 Å². The maximum atomic E-state index is 13.5. The zero-order chi connectivity index (χ0) is 42.3. The molecule has 18 atom stereocenters. The van der Waals surface area contributed by atoms with Crippen LogP contribution < -0.4 is 0 Å². The van der Waals surface area contributed by atoms with E-state index >= 15 is 0 Å². The molecule has 2 fully saturated rings. The lowest BCUT2D eigenvalue weighted by molar-refractivity contribution is -0.371. The monoisotopic (exact) mass is 791 g/mol. The molecule has 5 N–H and O–H groups in total. The summed E-state index contributed by atoms with van der Waals surface area (Å²) < 4.78 is 20.0. The van der Waals surface area contributed by atoms with Crippen molar-refractivity contribution in [3.63, 3.8) is 0 Å². The summed E-state index contributed by atoms with van der Waals surface area (Å²) in [5.41, 5.74) is -2.18. The van der Waals surface area contributed by atoms with Gasteiger partial charge in [0.2, 0.25) is 0 Å². The molecular weight excluding hydrogens is 716 g/mol. The molecule has 0 aliphatic carbocycles. The number of hydrogen-bond donors (Lipinski definition) is 5. The van der Waals surface area contributed by atoms with E-state index in [0.29, 0.717) is 25.7 Å². The first-order chi connectivity index (χ1) is 26.1. The number of esters is 1. The number of aliphatic hydroxyl groups excluding tert-OH is 4. The maximum absolute atomic E-state index is 13.5. The Bertz CT molecular complexity index is 1390. The third kappa shape index (κ3) is 11.5. The molecule has 3 heterocycles. The molecule has 3 rings (SSSR count). The fraction of sp³-hybridized carbons (Fsp3) is 0.800. The number of aliphatic hydroxyl groups is 5. The van der Waals surface area contributed by atoms with E-state index in [2.05, 4.69) is 19.9 Å². The highest BCUT2D eigenvalue weighted by molar-refractivity contribution is 5.91. The first-order valence-corrected chi connectivity index (χ1v) is 21.2. The smallest absolute Gasteiger partial charge is 0.330 e. The van der Waals surface area contributed by atoms with Gasteiger partial charge in [0, 0.05) is 48.0 Å². The van der Waals surface area contributed by atoms with E-state index in [4.69, 9.17) is 14.2 Å². The number of ketones is 2. The lowest BCUT2D eigenvalue weighted by Gasteiger charge is -2.55. The average molecular weight is 791 g/mol. The number of carbonyl (C=O) groups is 3. The number of allylic oxidation sites excluding steroid dienone is 4. The second-order valence-electron chi connectivity index (χ2n) is 18.0. The van der Waals surface area contributed by atoms with Gasteiger partial charge in [-0.05, 0) is 70.1 Å². The summed E-state index contributed by atoms with van der Waals surface area (Å²) in [6, 6.07) is 0. The van der Waals surface area contributed by atoms with Gasteiger partial charge in [0.05, 0.1) is 36.6 Å². The third-order valence-electron chi connectivity index (χ3n) is 13.4. The molecule has 11 heteroatoms. The molecular formula is C45H74O11. The van der Waals surface area contributed by atoms with E-state index in [1.807, 2.05) is 32.1 Å². The summed E-state index contributed by atoms with van der Waals surface area (Å²) in [5, 5.41) is 55.0. The van der Waals surface area contributed by atoms with Gasteiger partial charge >= 0.3 is 5.97 Å². The Hall–Kier alpha value is -2.25. The Kier molecular flexibility index (Phi) is 17.7. The van der Waals surface area contributed by atoms with Crippen LogP contribution in [0.3, 0.4) is 0 Å². The molecule has 320 valence electrons. The largest absolute Gasteiger partial charge is 0.458 e. The molecule has 0 aromatic rings. The van der Waals surface area contributed by atoms with Crippen molar-refractivity contribution in [3.05, 3.63) is 36.5 Å². The zero-order valence-corrected chi connectivity index (χ0v) is 35.8. The first kappa shape index (κ1) is 48.1. The van der Waals surface area contributed by atoms with Crippen LogP contribution in [0.1, 0.15) is 121 Å². The number of rotatable bonds is 3. The predicted octanol–water partition coefficient (Wildman–Crippen LogP) is 5.88. The van der Waals surface area contributed by atoms with Gasteiger partial charge in [-0.25, -0.2) is 4.79 Å². The Morgan fingerprint density at radius 3 is 2.11 bits per heavy atom. The van der Waals surface area contributed by atoms with Crippen LogP contribution in [0.15, 0.2) is 36.5 Å². The molecule has 56 heavy (non-hydrogen) atoms. The van der Waals surface area contributed by atoms with Crippen LogP contribution in [0.5, 0.6) is 0 Å². The highest BCUT2D eigenvalue weighted by atomic mass is 16.7. The molecule has 0 radical (unpaired) electrons. The van der Waals surface area contributed by atoms with Crippen molar-refractivity contribution < 1.29 is 54.1 Å². The molecule has 1 unspecified atom stereocenters. The Morgan fingerprint density at radius 1 is 0.839 bits per heavy atom. The minimum Gasteiger partial charge on any atom is -0.458 e. The molecule has 11 nitrogen and oxygen atoms in total. The quantitative estimate of drug-likeness (QED) is 0.216. The minimum absolute atomic E-state index is 0.168. The summed E-state index contributed by atoms with van der Waals surface area (Å²) in [6.07, 6.45) is 9.62. The van der Waals surface area contributed by atoms with Crippen molar-refractivity contribution in [2.45, 2.75) is 175 Å². The van der Waals surface area contributed by atoms with Crippen molar-refractivity contribution in [1.29, 1.82) is 0 Å². The Balaban J connectivity index is 1.99. The molecule has 3 aliphatic rings. The fourth-order valence-electron chi connectivity index (χ4n) is 9.01. The summed E-state index contributed by atoms with van der Waals surface area (Å²) in [5.74, 6) is -7.28. The van der Waals surface area contributed by atoms with Crippen LogP contribution in [-0.4, -0.2) is 97.2 Å². The van der Waals surface area contributed by atoms with Gasteiger partial charge in [0.1, 0.15) is 17.5 Å². The van der Waals surface area contributed by atoms with Gasteiger partial charge < -0.3 is 39.7 Å². The number of carbonyl (C=O) groups excluding carboxylic acids is 3. The average Bonchev–Trinajstić information content (AvgIpc) is 3.16. The molecule has 1 spiro atoms. The topological polar surface area (TPSA) is 180 Å². The summed E-state index contributed by atoms with van der Waals surface area (Å²) in [6.45, 7) is 19.1. The molecule has 0 amide bonds. The second kappa shape index (κ2) is 20.6. The third-order valence-corrected chi connectivity index (χ3v) is 13.4. The second-order valence-corrected chi connectivity index (χ2v) is 18.0. The van der Waals surface area contributed by atoms with Gasteiger partial charge in [-0.3, -0.25) is 9.59 Å². The van der Waals surface area contributed by atoms with Crippen LogP contribution in [0.4, 0.5) is 0 Å². The first-order valence-electron chi connectivity index (χ1n) is 21.2. The lowest BCUT2D eigenvalue weighted by Crippen LogP contribution is -2.62. The van der Waals surface area contributed by atoms with Crippen molar-refractivity contribution >= 4 is 17.5 Å². The maximum Gasteiger partial charge on any atom is 0.330 e. The molecule has 0 saturated carbocycles. The molecule has 0 aromatic carbocycles. The number of hydrogen-bond acceptors (Lipinski definition) is 11. The van der Waals surface area contributed by atoms with Crippen LogP contribution in [0.2, 0.25) is 0 Å². The normalized spacial score (nSPS) is 46.8. The summed E-state index contributed by atoms with van der Waals surface area (Å²) in [7, 11) is 0. The molecule has 0 aromatic heterocycles. The van der Waals surface area contributed by atoms with Gasteiger partial charge in [0.25, 0.3) is 0 Å². The highest BCUT2D eigenvalue weighted by Crippen LogP contribution is 2.49. The van der Waals surface area contributed by atoms with Gasteiger partial charge in [-0.2, -0.15) is 0 Å². The molecule has 3 aliphatic heterocycles. The van der Waals surface area contributed by atoms with Crippen LogP contribution >= 0.6 is 0 Å².